The van der Waals surface area contributed by atoms with Gasteiger partial charge in [-0.15, -0.1) is 0 Å². The lowest BCUT2D eigenvalue weighted by Crippen LogP contribution is -2.29. The van der Waals surface area contributed by atoms with Crippen LogP contribution in [0.2, 0.25) is 0 Å². The maximum Gasteiger partial charge on any atom is 0.0713 e. The summed E-state index contributed by atoms with van der Waals surface area (Å²) in [6, 6.07) is 37.5. The first-order valence-corrected chi connectivity index (χ1v) is 13.8. The van der Waals surface area contributed by atoms with Crippen LogP contribution in [0.1, 0.15) is 34.7 Å². The molecule has 1 aliphatic carbocycles. The van der Waals surface area contributed by atoms with E-state index in [0.717, 1.165) is 11.1 Å². The third kappa shape index (κ3) is 3.68. The average Bonchev–Trinajstić information content (AvgIpc) is 3.30. The Balaban J connectivity index is 1.78. The molecule has 0 aliphatic heterocycles. The maximum absolute atomic E-state index is 4.21. The van der Waals surface area contributed by atoms with E-state index >= 15 is 0 Å². The second-order valence-electron chi connectivity index (χ2n) is 10.2. The third-order valence-electron chi connectivity index (χ3n) is 8.16. The van der Waals surface area contributed by atoms with E-state index in [9.17, 15) is 0 Å². The van der Waals surface area contributed by atoms with Crippen LogP contribution in [0.15, 0.2) is 153 Å². The lowest BCUT2D eigenvalue weighted by Gasteiger charge is -2.35. The van der Waals surface area contributed by atoms with Crippen molar-refractivity contribution >= 4 is 22.9 Å². The molecule has 0 saturated heterocycles. The van der Waals surface area contributed by atoms with Crippen molar-refractivity contribution in [1.29, 1.82) is 0 Å². The molecule has 1 aliphatic rings. The maximum atomic E-state index is 4.21. The van der Waals surface area contributed by atoms with E-state index in [0.29, 0.717) is 0 Å². The van der Waals surface area contributed by atoms with Gasteiger partial charge in [-0.1, -0.05) is 147 Å². The van der Waals surface area contributed by atoms with Crippen molar-refractivity contribution in [1.82, 2.24) is 0 Å². The van der Waals surface area contributed by atoms with Crippen molar-refractivity contribution in [3.8, 4) is 22.3 Å². The molecule has 5 aromatic rings. The van der Waals surface area contributed by atoms with Crippen LogP contribution in [-0.2, 0) is 5.41 Å². The highest BCUT2D eigenvalue weighted by molar-refractivity contribution is 6.04. The fourth-order valence-electron chi connectivity index (χ4n) is 6.61. The first kappa shape index (κ1) is 25.3. The van der Waals surface area contributed by atoms with E-state index in [-0.39, 0.29) is 0 Å². The Morgan fingerprint density at radius 2 is 1.43 bits per heavy atom. The van der Waals surface area contributed by atoms with Gasteiger partial charge in [-0.25, -0.2) is 0 Å². The molecule has 1 atom stereocenters. The zero-order valence-electron chi connectivity index (χ0n) is 22.9. The lowest BCUT2D eigenvalue weighted by atomic mass is 9.66. The quantitative estimate of drug-likeness (QED) is 0.190. The van der Waals surface area contributed by atoms with Crippen LogP contribution in [0.5, 0.6) is 0 Å². The lowest BCUT2D eigenvalue weighted by molar-refractivity contribution is 0.767. The van der Waals surface area contributed by atoms with Crippen molar-refractivity contribution in [2.75, 3.05) is 0 Å². The molecule has 0 spiro atoms. The van der Waals surface area contributed by atoms with E-state index in [1.54, 1.807) is 0 Å². The van der Waals surface area contributed by atoms with Gasteiger partial charge in [0.2, 0.25) is 0 Å². The molecule has 0 saturated carbocycles. The summed E-state index contributed by atoms with van der Waals surface area (Å²) in [5.74, 6) is 0. The van der Waals surface area contributed by atoms with Gasteiger partial charge in [-0.3, -0.25) is 0 Å². The van der Waals surface area contributed by atoms with Crippen LogP contribution in [0.4, 0.5) is 0 Å². The average molecular weight is 513 g/mol. The number of hydrogen-bond acceptors (Lipinski definition) is 0. The normalized spacial score (nSPS) is 16.1. The number of rotatable bonds is 7. The van der Waals surface area contributed by atoms with E-state index in [2.05, 4.69) is 148 Å². The molecule has 0 fully saturated rings. The van der Waals surface area contributed by atoms with Gasteiger partial charge in [0.25, 0.3) is 0 Å². The van der Waals surface area contributed by atoms with Gasteiger partial charge in [0.05, 0.1) is 5.41 Å². The van der Waals surface area contributed by atoms with Crippen LogP contribution >= 0.6 is 0 Å². The van der Waals surface area contributed by atoms with Crippen molar-refractivity contribution in [3.63, 3.8) is 0 Å². The molecule has 1 unspecified atom stereocenters. The largest absolute Gasteiger partial charge is 0.0991 e. The molecule has 0 amide bonds. The van der Waals surface area contributed by atoms with E-state index < -0.39 is 5.41 Å². The molecule has 0 bridgehead atoms. The van der Waals surface area contributed by atoms with Crippen molar-refractivity contribution in [2.24, 2.45) is 0 Å². The van der Waals surface area contributed by atoms with Crippen LogP contribution < -0.4 is 0 Å². The Morgan fingerprint density at radius 1 is 0.700 bits per heavy atom. The Kier molecular flexibility index (Phi) is 6.54. The van der Waals surface area contributed by atoms with Crippen LogP contribution in [-0.4, -0.2) is 0 Å². The van der Waals surface area contributed by atoms with Crippen molar-refractivity contribution < 1.29 is 0 Å². The summed E-state index contributed by atoms with van der Waals surface area (Å²) in [7, 11) is 0. The van der Waals surface area contributed by atoms with Crippen molar-refractivity contribution in [2.45, 2.75) is 12.3 Å². The Labute approximate surface area is 237 Å². The molecule has 40 heavy (non-hydrogen) atoms. The summed E-state index contributed by atoms with van der Waals surface area (Å²) >= 11 is 0. The minimum absolute atomic E-state index is 0.496. The predicted molar refractivity (Wildman–Crippen MR) is 174 cm³/mol. The summed E-state index contributed by atoms with van der Waals surface area (Å²) < 4.78 is 0. The predicted octanol–water partition coefficient (Wildman–Crippen LogP) is 10.8. The Bertz CT molecular complexity index is 1840. The minimum Gasteiger partial charge on any atom is -0.0991 e. The molecule has 5 aromatic carbocycles. The summed E-state index contributed by atoms with van der Waals surface area (Å²) in [6.45, 7) is 14.5. The Hall–Kier alpha value is -4.94. The van der Waals surface area contributed by atoms with Gasteiger partial charge in [0.1, 0.15) is 0 Å². The van der Waals surface area contributed by atoms with Gasteiger partial charge >= 0.3 is 0 Å². The topological polar surface area (TPSA) is 0 Å². The summed E-state index contributed by atoms with van der Waals surface area (Å²) in [6.07, 6.45) is 12.3. The van der Waals surface area contributed by atoms with Gasteiger partial charge in [0.15, 0.2) is 0 Å². The highest BCUT2D eigenvalue weighted by Gasteiger charge is 2.46. The smallest absolute Gasteiger partial charge is 0.0713 e. The van der Waals surface area contributed by atoms with Crippen LogP contribution in [0.3, 0.4) is 0 Å². The molecule has 192 valence electrons. The SMILES string of the molecule is C=C/C=C(\C=C/C)C1(c2ccccc2)c2ccccc2-c2ccc(-c3c(C=C)c(C=C)cc4ccccc34)cc21. The molecule has 0 heteroatoms. The summed E-state index contributed by atoms with van der Waals surface area (Å²) in [4.78, 5) is 0. The van der Waals surface area contributed by atoms with E-state index in [1.165, 1.54) is 55.3 Å². The fourth-order valence-corrected chi connectivity index (χ4v) is 6.61. The third-order valence-corrected chi connectivity index (χ3v) is 8.16. The van der Waals surface area contributed by atoms with Gasteiger partial charge in [0, 0.05) is 0 Å². The van der Waals surface area contributed by atoms with E-state index in [4.69, 9.17) is 0 Å². The van der Waals surface area contributed by atoms with Gasteiger partial charge in [-0.2, -0.15) is 0 Å². The Morgan fingerprint density at radius 3 is 2.17 bits per heavy atom. The molecule has 0 nitrogen and oxygen atoms in total. The first-order valence-electron chi connectivity index (χ1n) is 13.8. The number of allylic oxidation sites excluding steroid dienone is 5. The molecule has 0 heterocycles. The second kappa shape index (κ2) is 10.3. The molecule has 0 aromatic heterocycles. The molecular formula is C40H32. The highest BCUT2D eigenvalue weighted by atomic mass is 14.5. The fraction of sp³-hybridized carbons (Fsp3) is 0.0500. The van der Waals surface area contributed by atoms with Crippen LogP contribution in [0.25, 0.3) is 45.2 Å². The monoisotopic (exact) mass is 512 g/mol. The van der Waals surface area contributed by atoms with Gasteiger partial charge < -0.3 is 0 Å². The molecule has 0 N–H and O–H groups in total. The summed E-state index contributed by atoms with van der Waals surface area (Å²) in [5.41, 5.74) is 11.5. The number of benzene rings is 5. The number of fused-ring (bicyclic) bond motifs is 4. The molecule has 6 rings (SSSR count). The second-order valence-corrected chi connectivity index (χ2v) is 10.2. The zero-order chi connectivity index (χ0) is 27.7. The summed E-state index contributed by atoms with van der Waals surface area (Å²) in [5, 5.41) is 2.40. The minimum atomic E-state index is -0.496. The number of hydrogen-bond donors (Lipinski definition) is 0. The van der Waals surface area contributed by atoms with Crippen molar-refractivity contribution in [3.05, 3.63) is 181 Å². The molecule has 0 radical (unpaired) electrons. The first-order chi connectivity index (χ1) is 19.7. The zero-order valence-corrected chi connectivity index (χ0v) is 22.9. The highest BCUT2D eigenvalue weighted by Crippen LogP contribution is 2.57. The standard InChI is InChI=1S/C40H32/c1-5-16-31(17-6-2)40(32-19-10-9-11-20-32)37-23-15-14-22-35(37)36-25-24-30(27-38(36)40)39-33(8-4)28(7-3)26-29-18-12-13-21-34(29)39/h5-27H,1,3-4H2,2H3/b17-6-,31-16+. The van der Waals surface area contributed by atoms with Crippen LogP contribution in [0, 0.1) is 0 Å². The van der Waals surface area contributed by atoms with E-state index in [1.807, 2.05) is 18.2 Å². The molecular weight excluding hydrogens is 480 g/mol. The van der Waals surface area contributed by atoms with Gasteiger partial charge in [-0.05, 0) is 85.5 Å².